The number of carbonyl (C=O) groups excluding carboxylic acids is 1. The first-order valence-electron chi connectivity index (χ1n) is 11.3. The third-order valence-corrected chi connectivity index (χ3v) is 6.35. The maximum atomic E-state index is 13.3. The lowest BCUT2D eigenvalue weighted by molar-refractivity contribution is 0.0746. The summed E-state index contributed by atoms with van der Waals surface area (Å²) in [6.07, 6.45) is 3.44. The van der Waals surface area contributed by atoms with Crippen LogP contribution >= 0.6 is 0 Å². The van der Waals surface area contributed by atoms with Crippen LogP contribution in [0.15, 0.2) is 77.9 Å². The van der Waals surface area contributed by atoms with Gasteiger partial charge < -0.3 is 14.4 Å². The molecule has 8 nitrogen and oxygen atoms in total. The van der Waals surface area contributed by atoms with Gasteiger partial charge in [-0.1, -0.05) is 12.1 Å². The van der Waals surface area contributed by atoms with Crippen LogP contribution < -0.4 is 10.5 Å². The molecule has 174 valence electrons. The molecule has 4 heterocycles. The molecule has 1 amide bonds. The molecule has 2 aromatic carbocycles. The van der Waals surface area contributed by atoms with E-state index in [-0.39, 0.29) is 17.3 Å². The van der Waals surface area contributed by atoms with Gasteiger partial charge in [-0.25, -0.2) is 14.4 Å². The van der Waals surface area contributed by atoms with Crippen molar-refractivity contribution >= 4 is 33.8 Å². The summed E-state index contributed by atoms with van der Waals surface area (Å²) in [6, 6.07) is 17.1. The van der Waals surface area contributed by atoms with Gasteiger partial charge in [0.2, 0.25) is 5.95 Å². The Morgan fingerprint density at radius 2 is 1.74 bits per heavy atom. The zero-order valence-electron chi connectivity index (χ0n) is 18.7. The standard InChI is InChI=1S/C26H21FN6O2/c27-19-5-7-20(8-6-19)33-10-9-17-15-18(16-28-23(17)33)25(35)31-11-13-32(14-12-31)26-29-22-4-2-1-3-21(22)24(34)30-26/h1-10,15-16H,11-14H2,(H,29,30,34). The molecule has 0 unspecified atom stereocenters. The fourth-order valence-corrected chi connectivity index (χ4v) is 4.48. The van der Waals surface area contributed by atoms with Crippen LogP contribution in [0.3, 0.4) is 0 Å². The number of piperazine rings is 1. The molecule has 35 heavy (non-hydrogen) atoms. The second-order valence-corrected chi connectivity index (χ2v) is 8.48. The van der Waals surface area contributed by atoms with Crippen LogP contribution in [-0.2, 0) is 0 Å². The van der Waals surface area contributed by atoms with Gasteiger partial charge in [-0.3, -0.25) is 14.6 Å². The van der Waals surface area contributed by atoms with E-state index in [1.54, 1.807) is 29.3 Å². The number of anilines is 1. The SMILES string of the molecule is O=C(c1cnc2c(ccn2-c2ccc(F)cc2)c1)N1CCN(c2nc3ccccc3c(=O)[nH]2)CC1. The fraction of sp³-hybridized carbons (Fsp3) is 0.154. The molecule has 5 aromatic rings. The molecule has 1 N–H and O–H groups in total. The number of benzene rings is 2. The number of nitrogens with one attached hydrogen (secondary N) is 1. The van der Waals surface area contributed by atoms with Crippen molar-refractivity contribution in [3.63, 3.8) is 0 Å². The third kappa shape index (κ3) is 3.80. The predicted molar refractivity (Wildman–Crippen MR) is 132 cm³/mol. The van der Waals surface area contributed by atoms with Crippen molar-refractivity contribution in [3.8, 4) is 5.69 Å². The molecular formula is C26H21FN6O2. The number of amides is 1. The minimum absolute atomic E-state index is 0.0893. The van der Waals surface area contributed by atoms with Crippen molar-refractivity contribution in [2.24, 2.45) is 0 Å². The van der Waals surface area contributed by atoms with Gasteiger partial charge in [0.15, 0.2) is 0 Å². The number of halogens is 1. The van der Waals surface area contributed by atoms with Gasteiger partial charge in [0.05, 0.1) is 16.5 Å². The second-order valence-electron chi connectivity index (χ2n) is 8.48. The molecule has 0 atom stereocenters. The molecule has 0 radical (unpaired) electrons. The monoisotopic (exact) mass is 468 g/mol. The Labute approximate surface area is 199 Å². The van der Waals surface area contributed by atoms with Crippen LogP contribution in [-0.4, -0.2) is 56.5 Å². The summed E-state index contributed by atoms with van der Waals surface area (Å²) in [5.74, 6) is 0.133. The number of rotatable bonds is 3. The molecule has 0 bridgehead atoms. The van der Waals surface area contributed by atoms with Gasteiger partial charge in [0.1, 0.15) is 11.5 Å². The number of H-pyrrole nitrogens is 1. The number of para-hydroxylation sites is 1. The largest absolute Gasteiger partial charge is 0.339 e. The van der Waals surface area contributed by atoms with E-state index in [1.165, 1.54) is 12.1 Å². The first-order chi connectivity index (χ1) is 17.1. The Balaban J connectivity index is 1.18. The minimum Gasteiger partial charge on any atom is -0.339 e. The van der Waals surface area contributed by atoms with E-state index < -0.39 is 0 Å². The summed E-state index contributed by atoms with van der Waals surface area (Å²) in [4.78, 5) is 41.3. The lowest BCUT2D eigenvalue weighted by Crippen LogP contribution is -2.49. The van der Waals surface area contributed by atoms with Crippen LogP contribution in [0.25, 0.3) is 27.6 Å². The molecule has 1 aliphatic rings. The van der Waals surface area contributed by atoms with Crippen LogP contribution in [0.5, 0.6) is 0 Å². The van der Waals surface area contributed by atoms with Crippen molar-refractivity contribution in [2.45, 2.75) is 0 Å². The highest BCUT2D eigenvalue weighted by molar-refractivity contribution is 5.97. The number of aromatic amines is 1. The van der Waals surface area contributed by atoms with Crippen LogP contribution in [0, 0.1) is 5.82 Å². The first kappa shape index (κ1) is 21.0. The summed E-state index contributed by atoms with van der Waals surface area (Å²) in [6.45, 7) is 2.13. The minimum atomic E-state index is -0.297. The first-order valence-corrected chi connectivity index (χ1v) is 11.3. The molecule has 3 aromatic heterocycles. The molecule has 0 saturated carbocycles. The topological polar surface area (TPSA) is 87.1 Å². The summed E-state index contributed by atoms with van der Waals surface area (Å²) >= 11 is 0. The molecule has 6 rings (SSSR count). The summed E-state index contributed by atoms with van der Waals surface area (Å²) < 4.78 is 15.1. The lowest BCUT2D eigenvalue weighted by Gasteiger charge is -2.35. The van der Waals surface area contributed by atoms with Crippen molar-refractivity contribution in [1.29, 1.82) is 0 Å². The van der Waals surface area contributed by atoms with Gasteiger partial charge in [0, 0.05) is 49.6 Å². The molecule has 1 saturated heterocycles. The lowest BCUT2D eigenvalue weighted by atomic mass is 10.2. The van der Waals surface area contributed by atoms with E-state index >= 15 is 0 Å². The van der Waals surface area contributed by atoms with Crippen molar-refractivity contribution < 1.29 is 9.18 Å². The average Bonchev–Trinajstić information content (AvgIpc) is 3.32. The fourth-order valence-electron chi connectivity index (χ4n) is 4.48. The van der Waals surface area contributed by atoms with Crippen LogP contribution in [0.2, 0.25) is 0 Å². The van der Waals surface area contributed by atoms with Crippen molar-refractivity contribution in [2.75, 3.05) is 31.1 Å². The normalized spacial score (nSPS) is 14.1. The number of fused-ring (bicyclic) bond motifs is 2. The molecule has 1 fully saturated rings. The summed E-state index contributed by atoms with van der Waals surface area (Å²) in [7, 11) is 0. The van der Waals surface area contributed by atoms with Crippen molar-refractivity contribution in [3.05, 3.63) is 94.8 Å². The second kappa shape index (κ2) is 8.35. The quantitative estimate of drug-likeness (QED) is 0.439. The number of nitrogens with zero attached hydrogens (tertiary/aromatic N) is 5. The van der Waals surface area contributed by atoms with Gasteiger partial charge in [-0.05, 0) is 48.5 Å². The Hall–Kier alpha value is -4.53. The molecule has 1 aliphatic heterocycles. The molecule has 0 spiro atoms. The van der Waals surface area contributed by atoms with E-state index in [0.717, 1.165) is 11.1 Å². The number of aromatic nitrogens is 4. The summed E-state index contributed by atoms with van der Waals surface area (Å²) in [5.41, 5.74) is 2.49. The number of carbonyl (C=O) groups is 1. The maximum Gasteiger partial charge on any atom is 0.260 e. The Morgan fingerprint density at radius 1 is 0.971 bits per heavy atom. The Morgan fingerprint density at radius 3 is 2.54 bits per heavy atom. The number of hydrogen-bond donors (Lipinski definition) is 1. The number of hydrogen-bond acceptors (Lipinski definition) is 5. The molecule has 9 heteroatoms. The third-order valence-electron chi connectivity index (χ3n) is 6.35. The van der Waals surface area contributed by atoms with Gasteiger partial charge >= 0.3 is 0 Å². The highest BCUT2D eigenvalue weighted by Gasteiger charge is 2.24. The van der Waals surface area contributed by atoms with E-state index in [9.17, 15) is 14.0 Å². The Bertz CT molecular complexity index is 1620. The maximum absolute atomic E-state index is 13.3. The van der Waals surface area contributed by atoms with Gasteiger partial charge in [-0.2, -0.15) is 0 Å². The zero-order chi connectivity index (χ0) is 23.9. The van der Waals surface area contributed by atoms with E-state index in [4.69, 9.17) is 0 Å². The molecular weight excluding hydrogens is 447 g/mol. The van der Waals surface area contributed by atoms with Crippen molar-refractivity contribution in [1.82, 2.24) is 24.4 Å². The number of pyridine rings is 1. The molecule has 0 aliphatic carbocycles. The average molecular weight is 468 g/mol. The van der Waals surface area contributed by atoms with Gasteiger partial charge in [-0.15, -0.1) is 0 Å². The predicted octanol–water partition coefficient (Wildman–Crippen LogP) is 3.36. The van der Waals surface area contributed by atoms with Gasteiger partial charge in [0.25, 0.3) is 11.5 Å². The summed E-state index contributed by atoms with van der Waals surface area (Å²) in [5, 5.41) is 1.39. The smallest absolute Gasteiger partial charge is 0.260 e. The Kier molecular flexibility index (Phi) is 5.02. The van der Waals surface area contributed by atoms with E-state index in [0.29, 0.717) is 54.2 Å². The van der Waals surface area contributed by atoms with E-state index in [2.05, 4.69) is 15.0 Å². The van der Waals surface area contributed by atoms with E-state index in [1.807, 2.05) is 46.0 Å². The van der Waals surface area contributed by atoms with Crippen LogP contribution in [0.4, 0.5) is 10.3 Å². The van der Waals surface area contributed by atoms with Crippen LogP contribution in [0.1, 0.15) is 10.4 Å². The zero-order valence-corrected chi connectivity index (χ0v) is 18.7. The highest BCUT2D eigenvalue weighted by Crippen LogP contribution is 2.21. The highest BCUT2D eigenvalue weighted by atomic mass is 19.1.